The van der Waals surface area contributed by atoms with Crippen LogP contribution >= 0.6 is 12.4 Å². The third-order valence-electron chi connectivity index (χ3n) is 3.99. The fourth-order valence-electron chi connectivity index (χ4n) is 2.67. The van der Waals surface area contributed by atoms with Gasteiger partial charge in [-0.25, -0.2) is 4.39 Å². The van der Waals surface area contributed by atoms with Crippen LogP contribution in [0, 0.1) is 5.82 Å². The summed E-state index contributed by atoms with van der Waals surface area (Å²) in [7, 11) is 0. The molecule has 1 aliphatic carbocycles. The summed E-state index contributed by atoms with van der Waals surface area (Å²) >= 11 is 0. The van der Waals surface area contributed by atoms with Gasteiger partial charge in [-0.1, -0.05) is 12.1 Å². The Bertz CT molecular complexity index is 487. The third-order valence-corrected chi connectivity index (χ3v) is 3.99. The van der Waals surface area contributed by atoms with E-state index in [0.29, 0.717) is 32.2 Å². The molecule has 0 bridgehead atoms. The van der Waals surface area contributed by atoms with Crippen LogP contribution in [0.2, 0.25) is 0 Å². The average molecular weight is 329 g/mol. The van der Waals surface area contributed by atoms with Crippen LogP contribution in [0.5, 0.6) is 0 Å². The second-order valence-corrected chi connectivity index (χ2v) is 5.81. The molecule has 1 atom stereocenters. The Morgan fingerprint density at radius 1 is 1.32 bits per heavy atom. The maximum Gasteiger partial charge on any atom is 0.224 e. The van der Waals surface area contributed by atoms with Gasteiger partial charge in [-0.15, -0.1) is 12.4 Å². The smallest absolute Gasteiger partial charge is 0.224 e. The van der Waals surface area contributed by atoms with Gasteiger partial charge in [-0.2, -0.15) is 0 Å². The first kappa shape index (κ1) is 17.2. The highest BCUT2D eigenvalue weighted by Crippen LogP contribution is 2.29. The van der Waals surface area contributed by atoms with Gasteiger partial charge in [0.1, 0.15) is 5.82 Å². The molecule has 1 saturated carbocycles. The summed E-state index contributed by atoms with van der Waals surface area (Å²) < 4.78 is 18.4. The predicted octanol–water partition coefficient (Wildman–Crippen LogP) is 2.12. The molecule has 2 fully saturated rings. The molecule has 1 heterocycles. The summed E-state index contributed by atoms with van der Waals surface area (Å²) in [5, 5.41) is 3.31. The lowest BCUT2D eigenvalue weighted by molar-refractivity contribution is -0.133. The lowest BCUT2D eigenvalue weighted by Crippen LogP contribution is -2.45. The molecule has 6 heteroatoms. The lowest BCUT2D eigenvalue weighted by atomic mass is 10.1. The molecule has 3 rings (SSSR count). The molecular weight excluding hydrogens is 307 g/mol. The molecule has 0 radical (unpaired) electrons. The van der Waals surface area contributed by atoms with Crippen molar-refractivity contribution in [2.75, 3.05) is 19.8 Å². The minimum absolute atomic E-state index is 0. The van der Waals surface area contributed by atoms with E-state index in [2.05, 4.69) is 5.32 Å². The second-order valence-electron chi connectivity index (χ2n) is 5.81. The van der Waals surface area contributed by atoms with Crippen molar-refractivity contribution >= 4 is 18.3 Å². The highest BCUT2D eigenvalue weighted by molar-refractivity contribution is 5.85. The van der Waals surface area contributed by atoms with E-state index >= 15 is 0 Å². The number of ether oxygens (including phenoxy) is 1. The molecule has 1 saturated heterocycles. The molecule has 1 amide bonds. The van der Waals surface area contributed by atoms with Crippen molar-refractivity contribution < 1.29 is 13.9 Å². The number of carbonyl (C=O) groups is 1. The first-order chi connectivity index (χ1) is 10.2. The maximum absolute atomic E-state index is 13.0. The van der Waals surface area contributed by atoms with Crippen molar-refractivity contribution in [3.8, 4) is 0 Å². The molecule has 1 aromatic rings. The number of nitrogens with zero attached hydrogens (tertiary/aromatic N) is 1. The van der Waals surface area contributed by atoms with Crippen molar-refractivity contribution in [1.82, 2.24) is 10.2 Å². The van der Waals surface area contributed by atoms with Crippen molar-refractivity contribution in [1.29, 1.82) is 0 Å². The van der Waals surface area contributed by atoms with E-state index < -0.39 is 0 Å². The van der Waals surface area contributed by atoms with Gasteiger partial charge >= 0.3 is 0 Å². The first-order valence-corrected chi connectivity index (χ1v) is 7.57. The van der Waals surface area contributed by atoms with E-state index in [4.69, 9.17) is 4.74 Å². The predicted molar refractivity (Wildman–Crippen MR) is 84.4 cm³/mol. The molecule has 1 aromatic carbocycles. The van der Waals surface area contributed by atoms with Gasteiger partial charge < -0.3 is 15.0 Å². The van der Waals surface area contributed by atoms with Crippen LogP contribution in [0.4, 0.5) is 4.39 Å². The minimum Gasteiger partial charge on any atom is -0.378 e. The van der Waals surface area contributed by atoms with Gasteiger partial charge in [0.15, 0.2) is 0 Å². The number of benzene rings is 1. The Kier molecular flexibility index (Phi) is 6.17. The van der Waals surface area contributed by atoms with E-state index in [1.54, 1.807) is 12.1 Å². The van der Waals surface area contributed by atoms with Crippen LogP contribution in [-0.2, 0) is 16.1 Å². The van der Waals surface area contributed by atoms with Crippen molar-refractivity contribution in [3.63, 3.8) is 0 Å². The van der Waals surface area contributed by atoms with Gasteiger partial charge in [0, 0.05) is 31.6 Å². The van der Waals surface area contributed by atoms with E-state index in [0.717, 1.165) is 24.9 Å². The molecule has 1 aliphatic heterocycles. The first-order valence-electron chi connectivity index (χ1n) is 7.57. The topological polar surface area (TPSA) is 41.6 Å². The number of hydrogen-bond acceptors (Lipinski definition) is 3. The molecule has 2 aliphatic rings. The SMILES string of the molecule is Cl.O=C(CC1COCCN1)N(Cc1ccc(F)cc1)C1CC1. The van der Waals surface area contributed by atoms with Crippen molar-refractivity contribution in [3.05, 3.63) is 35.6 Å². The quantitative estimate of drug-likeness (QED) is 0.900. The van der Waals surface area contributed by atoms with Crippen LogP contribution in [-0.4, -0.2) is 42.6 Å². The summed E-state index contributed by atoms with van der Waals surface area (Å²) in [4.78, 5) is 14.5. The molecule has 0 aromatic heterocycles. The summed E-state index contributed by atoms with van der Waals surface area (Å²) in [6.07, 6.45) is 2.61. The number of hydrogen-bond donors (Lipinski definition) is 1. The molecule has 4 nitrogen and oxygen atoms in total. The van der Waals surface area contributed by atoms with Gasteiger partial charge in [0.05, 0.1) is 13.2 Å². The van der Waals surface area contributed by atoms with Gasteiger partial charge in [-0.05, 0) is 30.5 Å². The summed E-state index contributed by atoms with van der Waals surface area (Å²) in [5.74, 6) is -0.0866. The normalized spacial score (nSPS) is 21.0. The summed E-state index contributed by atoms with van der Waals surface area (Å²) in [6.45, 7) is 2.68. The van der Waals surface area contributed by atoms with Crippen LogP contribution < -0.4 is 5.32 Å². The highest BCUT2D eigenvalue weighted by atomic mass is 35.5. The Labute approximate surface area is 136 Å². The molecule has 1 unspecified atom stereocenters. The van der Waals surface area contributed by atoms with E-state index in [-0.39, 0.29) is 30.2 Å². The van der Waals surface area contributed by atoms with Gasteiger partial charge in [-0.3, -0.25) is 4.79 Å². The zero-order valence-corrected chi connectivity index (χ0v) is 13.3. The second kappa shape index (κ2) is 7.90. The number of morpholine rings is 1. The van der Waals surface area contributed by atoms with E-state index in [9.17, 15) is 9.18 Å². The monoisotopic (exact) mass is 328 g/mol. The third kappa shape index (κ3) is 4.66. The van der Waals surface area contributed by atoms with Gasteiger partial charge in [0.2, 0.25) is 5.91 Å². The average Bonchev–Trinajstić information content (AvgIpc) is 3.32. The van der Waals surface area contributed by atoms with Crippen molar-refractivity contribution in [2.45, 2.75) is 37.9 Å². The Morgan fingerprint density at radius 3 is 2.64 bits per heavy atom. The highest BCUT2D eigenvalue weighted by Gasteiger charge is 2.33. The Morgan fingerprint density at radius 2 is 2.05 bits per heavy atom. The molecular formula is C16H22ClFN2O2. The fourth-order valence-corrected chi connectivity index (χ4v) is 2.67. The minimum atomic E-state index is -0.244. The van der Waals surface area contributed by atoms with Crippen molar-refractivity contribution in [2.24, 2.45) is 0 Å². The fraction of sp³-hybridized carbons (Fsp3) is 0.562. The summed E-state index contributed by atoms with van der Waals surface area (Å²) in [5.41, 5.74) is 0.976. The van der Waals surface area contributed by atoms with Crippen LogP contribution in [0.1, 0.15) is 24.8 Å². The zero-order chi connectivity index (χ0) is 14.7. The number of carbonyl (C=O) groups excluding carboxylic acids is 1. The Balaban J connectivity index is 0.00000176. The largest absolute Gasteiger partial charge is 0.378 e. The number of amides is 1. The van der Waals surface area contributed by atoms with Crippen LogP contribution in [0.25, 0.3) is 0 Å². The lowest BCUT2D eigenvalue weighted by Gasteiger charge is -2.28. The van der Waals surface area contributed by atoms with Crippen LogP contribution in [0.3, 0.4) is 0 Å². The van der Waals surface area contributed by atoms with E-state index in [1.165, 1.54) is 12.1 Å². The Hall–Kier alpha value is -1.17. The summed E-state index contributed by atoms with van der Waals surface area (Å²) in [6, 6.07) is 6.86. The molecule has 0 spiro atoms. The standard InChI is InChI=1S/C16H21FN2O2.ClH/c17-13-3-1-12(2-4-13)10-19(15-5-6-15)16(20)9-14-11-21-8-7-18-14;/h1-4,14-15,18H,5-11H2;1H. The maximum atomic E-state index is 13.0. The number of halogens is 2. The molecule has 1 N–H and O–H groups in total. The van der Waals surface area contributed by atoms with Crippen LogP contribution in [0.15, 0.2) is 24.3 Å². The number of rotatable bonds is 5. The zero-order valence-electron chi connectivity index (χ0n) is 12.5. The number of nitrogens with one attached hydrogen (secondary N) is 1. The van der Waals surface area contributed by atoms with E-state index in [1.807, 2.05) is 4.90 Å². The molecule has 22 heavy (non-hydrogen) atoms. The van der Waals surface area contributed by atoms with Gasteiger partial charge in [0.25, 0.3) is 0 Å². The molecule has 122 valence electrons.